The molecule has 1 aliphatic heterocycles. The summed E-state index contributed by atoms with van der Waals surface area (Å²) in [5.41, 5.74) is 6.70. The fourth-order valence-electron chi connectivity index (χ4n) is 2.39. The van der Waals surface area contributed by atoms with E-state index in [1.54, 1.807) is 0 Å². The smallest absolute Gasteiger partial charge is 0.326 e. The summed E-state index contributed by atoms with van der Waals surface area (Å²) in [4.78, 5) is 24.5. The fraction of sp³-hybridized carbons (Fsp3) is 0.429. The quantitative estimate of drug-likeness (QED) is 0.815. The van der Waals surface area contributed by atoms with E-state index in [1.165, 1.54) is 4.90 Å². The molecule has 0 saturated carbocycles. The summed E-state index contributed by atoms with van der Waals surface area (Å²) >= 11 is 0. The van der Waals surface area contributed by atoms with Gasteiger partial charge in [0.25, 0.3) is 0 Å². The maximum Gasteiger partial charge on any atom is 0.326 e. The normalized spacial score (nSPS) is 20.6. The topological polar surface area (TPSA) is 83.6 Å². The Hall–Kier alpha value is -1.88. The number of carbonyl (C=O) groups excluding carboxylic acids is 1. The molecule has 1 aliphatic rings. The number of hydrogen-bond donors (Lipinski definition) is 2. The van der Waals surface area contributed by atoms with Crippen molar-refractivity contribution in [1.29, 1.82) is 0 Å². The molecule has 2 atom stereocenters. The molecule has 1 fully saturated rings. The van der Waals surface area contributed by atoms with Crippen LogP contribution in [0.2, 0.25) is 0 Å². The molecule has 19 heavy (non-hydrogen) atoms. The van der Waals surface area contributed by atoms with Crippen molar-refractivity contribution in [2.45, 2.75) is 31.3 Å². The summed E-state index contributed by atoms with van der Waals surface area (Å²) in [6.45, 7) is 0.436. The lowest BCUT2D eigenvalue weighted by Gasteiger charge is -2.24. The van der Waals surface area contributed by atoms with Crippen LogP contribution in [0, 0.1) is 0 Å². The van der Waals surface area contributed by atoms with E-state index in [-0.39, 0.29) is 5.91 Å². The third kappa shape index (κ3) is 3.12. The van der Waals surface area contributed by atoms with Gasteiger partial charge >= 0.3 is 5.97 Å². The highest BCUT2D eigenvalue weighted by molar-refractivity contribution is 5.88. The van der Waals surface area contributed by atoms with E-state index in [0.717, 1.165) is 5.56 Å². The molecule has 5 nitrogen and oxygen atoms in total. The van der Waals surface area contributed by atoms with Gasteiger partial charge in [-0.2, -0.15) is 0 Å². The average Bonchev–Trinajstić information content (AvgIpc) is 2.72. The number of rotatable bonds is 5. The Morgan fingerprint density at radius 1 is 1.42 bits per heavy atom. The summed E-state index contributed by atoms with van der Waals surface area (Å²) in [6.07, 6.45) is 1.59. The van der Waals surface area contributed by atoms with E-state index in [4.69, 9.17) is 5.73 Å². The van der Waals surface area contributed by atoms with Crippen LogP contribution in [-0.4, -0.2) is 40.5 Å². The molecule has 0 bridgehead atoms. The summed E-state index contributed by atoms with van der Waals surface area (Å²) in [5, 5.41) is 9.28. The SMILES string of the molecule is N[C@H]1CCN([C@@H](CCc2ccccc2)C(=O)O)C1=O. The van der Waals surface area contributed by atoms with Gasteiger partial charge in [0.15, 0.2) is 0 Å². The zero-order chi connectivity index (χ0) is 13.8. The van der Waals surface area contributed by atoms with Crippen LogP contribution in [0.15, 0.2) is 30.3 Å². The second kappa shape index (κ2) is 5.84. The van der Waals surface area contributed by atoms with Crippen molar-refractivity contribution in [2.24, 2.45) is 5.73 Å². The van der Waals surface area contributed by atoms with E-state index in [1.807, 2.05) is 30.3 Å². The highest BCUT2D eigenvalue weighted by Gasteiger charge is 2.36. The van der Waals surface area contributed by atoms with E-state index in [0.29, 0.717) is 25.8 Å². The Kier molecular flexibility index (Phi) is 4.16. The third-order valence-corrected chi connectivity index (χ3v) is 3.49. The number of likely N-dealkylation sites (tertiary alicyclic amines) is 1. The summed E-state index contributed by atoms with van der Waals surface area (Å²) in [7, 11) is 0. The van der Waals surface area contributed by atoms with Crippen molar-refractivity contribution in [3.63, 3.8) is 0 Å². The standard InChI is InChI=1S/C14H18N2O3/c15-11-8-9-16(13(11)17)12(14(18)19)7-6-10-4-2-1-3-5-10/h1-5,11-12H,6-9,15H2,(H,18,19)/t11-,12-/m0/s1. The number of carboxylic acids is 1. The zero-order valence-electron chi connectivity index (χ0n) is 10.7. The van der Waals surface area contributed by atoms with Gasteiger partial charge in [-0.3, -0.25) is 4.79 Å². The first kappa shape index (κ1) is 13.5. The summed E-state index contributed by atoms with van der Waals surface area (Å²) in [5.74, 6) is -1.21. The van der Waals surface area contributed by atoms with Crippen molar-refractivity contribution in [1.82, 2.24) is 4.90 Å². The fourth-order valence-corrected chi connectivity index (χ4v) is 2.39. The molecule has 0 radical (unpaired) electrons. The second-order valence-corrected chi connectivity index (χ2v) is 4.81. The number of hydrogen-bond acceptors (Lipinski definition) is 3. The van der Waals surface area contributed by atoms with Gasteiger partial charge in [0.05, 0.1) is 6.04 Å². The third-order valence-electron chi connectivity index (χ3n) is 3.49. The highest BCUT2D eigenvalue weighted by atomic mass is 16.4. The number of nitrogens with two attached hydrogens (primary N) is 1. The maximum absolute atomic E-state index is 11.8. The monoisotopic (exact) mass is 262 g/mol. The molecular formula is C14H18N2O3. The van der Waals surface area contributed by atoms with Crippen LogP contribution < -0.4 is 5.73 Å². The van der Waals surface area contributed by atoms with Gasteiger partial charge in [0, 0.05) is 6.54 Å². The van der Waals surface area contributed by atoms with Gasteiger partial charge in [0.1, 0.15) is 6.04 Å². The van der Waals surface area contributed by atoms with Crippen LogP contribution in [-0.2, 0) is 16.0 Å². The number of aryl methyl sites for hydroxylation is 1. The first-order valence-electron chi connectivity index (χ1n) is 6.42. The Bertz CT molecular complexity index is 461. The maximum atomic E-state index is 11.8. The number of benzene rings is 1. The van der Waals surface area contributed by atoms with Gasteiger partial charge in [-0.25, -0.2) is 4.79 Å². The minimum atomic E-state index is -0.960. The van der Waals surface area contributed by atoms with Crippen LogP contribution in [0.4, 0.5) is 0 Å². The first-order chi connectivity index (χ1) is 9.09. The second-order valence-electron chi connectivity index (χ2n) is 4.81. The van der Waals surface area contributed by atoms with E-state index < -0.39 is 18.1 Å². The lowest BCUT2D eigenvalue weighted by Crippen LogP contribution is -2.45. The predicted octanol–water partition coefficient (Wildman–Crippen LogP) is 0.632. The largest absolute Gasteiger partial charge is 0.480 e. The lowest BCUT2D eigenvalue weighted by atomic mass is 10.0. The van der Waals surface area contributed by atoms with Crippen LogP contribution in [0.5, 0.6) is 0 Å². The number of aliphatic carboxylic acids is 1. The van der Waals surface area contributed by atoms with Crippen molar-refractivity contribution in [2.75, 3.05) is 6.54 Å². The van der Waals surface area contributed by atoms with Crippen molar-refractivity contribution < 1.29 is 14.7 Å². The molecule has 1 heterocycles. The van der Waals surface area contributed by atoms with Crippen LogP contribution >= 0.6 is 0 Å². The first-order valence-corrected chi connectivity index (χ1v) is 6.42. The van der Waals surface area contributed by atoms with Crippen molar-refractivity contribution in [3.05, 3.63) is 35.9 Å². The summed E-state index contributed by atoms with van der Waals surface area (Å²) in [6, 6.07) is 8.35. The van der Waals surface area contributed by atoms with Crippen molar-refractivity contribution >= 4 is 11.9 Å². The van der Waals surface area contributed by atoms with Crippen LogP contribution in [0.1, 0.15) is 18.4 Å². The molecule has 0 aromatic heterocycles. The molecule has 5 heteroatoms. The van der Waals surface area contributed by atoms with E-state index >= 15 is 0 Å². The van der Waals surface area contributed by atoms with Gasteiger partial charge < -0.3 is 15.7 Å². The number of amides is 1. The molecule has 2 rings (SSSR count). The Labute approximate surface area is 112 Å². The molecule has 1 saturated heterocycles. The molecule has 102 valence electrons. The number of carbonyl (C=O) groups is 2. The Morgan fingerprint density at radius 2 is 2.11 bits per heavy atom. The highest BCUT2D eigenvalue weighted by Crippen LogP contribution is 2.17. The molecule has 3 N–H and O–H groups in total. The van der Waals surface area contributed by atoms with Gasteiger partial charge in [-0.15, -0.1) is 0 Å². The lowest BCUT2D eigenvalue weighted by molar-refractivity contribution is -0.148. The predicted molar refractivity (Wildman–Crippen MR) is 70.5 cm³/mol. The Morgan fingerprint density at radius 3 is 2.63 bits per heavy atom. The van der Waals surface area contributed by atoms with E-state index in [2.05, 4.69) is 0 Å². The number of nitrogens with zero attached hydrogens (tertiary/aromatic N) is 1. The average molecular weight is 262 g/mol. The molecule has 1 aromatic carbocycles. The zero-order valence-corrected chi connectivity index (χ0v) is 10.7. The molecule has 0 spiro atoms. The van der Waals surface area contributed by atoms with Crippen molar-refractivity contribution in [3.8, 4) is 0 Å². The van der Waals surface area contributed by atoms with Crippen LogP contribution in [0.3, 0.4) is 0 Å². The molecule has 1 aromatic rings. The molecular weight excluding hydrogens is 244 g/mol. The Balaban J connectivity index is 2.01. The molecule has 1 amide bonds. The minimum Gasteiger partial charge on any atom is -0.480 e. The van der Waals surface area contributed by atoms with Gasteiger partial charge in [-0.1, -0.05) is 30.3 Å². The van der Waals surface area contributed by atoms with Gasteiger partial charge in [0.2, 0.25) is 5.91 Å². The molecule has 0 aliphatic carbocycles. The number of carboxylic acid groups (broad SMARTS) is 1. The molecule has 0 unspecified atom stereocenters. The summed E-state index contributed by atoms with van der Waals surface area (Å²) < 4.78 is 0. The van der Waals surface area contributed by atoms with Crippen LogP contribution in [0.25, 0.3) is 0 Å². The minimum absolute atomic E-state index is 0.250. The van der Waals surface area contributed by atoms with E-state index in [9.17, 15) is 14.7 Å². The van der Waals surface area contributed by atoms with Gasteiger partial charge in [-0.05, 0) is 24.8 Å².